The van der Waals surface area contributed by atoms with Gasteiger partial charge in [-0.1, -0.05) is 121 Å². The van der Waals surface area contributed by atoms with E-state index >= 15 is 0 Å². The Balaban J connectivity index is 1.21. The molecule has 0 saturated carbocycles. The van der Waals surface area contributed by atoms with Gasteiger partial charge in [-0.3, -0.25) is 4.98 Å². The Hall–Kier alpha value is -7.91. The Morgan fingerprint density at radius 1 is 0.426 bits per heavy atom. The minimum atomic E-state index is -4.49. The molecular weight excluding hydrogens is 766 g/mol. The summed E-state index contributed by atoms with van der Waals surface area (Å²) in [5, 5.41) is 3.44. The first kappa shape index (κ1) is 36.2. The van der Waals surface area contributed by atoms with Crippen LogP contribution in [0.15, 0.2) is 182 Å². The van der Waals surface area contributed by atoms with Crippen LogP contribution in [0.4, 0.5) is 13.2 Å². The fraction of sp³-hybridized carbons (Fsp3) is 0.0385. The summed E-state index contributed by atoms with van der Waals surface area (Å²) < 4.78 is 46.6. The number of halogens is 3. The summed E-state index contributed by atoms with van der Waals surface area (Å²) in [6, 6.07) is 54.4. The molecule has 11 rings (SSSR count). The zero-order valence-corrected chi connectivity index (χ0v) is 32.6. The highest BCUT2D eigenvalue weighted by molar-refractivity contribution is 6.11. The molecule has 292 valence electrons. The SMILES string of the molecule is Cc1ccc2c(c1)c1ccccc1n2-c1cc(-c2nc(-c3ccccc3)nc(-c3ccccc3)n2)ccc1-c1ccncc1-n1c2ccccc2c2cc(C(F)(F)F)ccc21. The first-order valence-corrected chi connectivity index (χ1v) is 19.9. The quantitative estimate of drug-likeness (QED) is 0.168. The average Bonchev–Trinajstić information content (AvgIpc) is 3.81. The smallest absolute Gasteiger partial charge is 0.309 e. The van der Waals surface area contributed by atoms with Crippen molar-refractivity contribution < 1.29 is 13.2 Å². The number of pyridine rings is 1. The standard InChI is InChI=1S/C52H33F3N6/c1-32-20-24-45-41(28-32)37-16-8-10-18-43(37)60(45)47-29-35(51-58-49(33-12-4-2-5-13-33)57-50(59-51)34-14-6-3-7-15-34)21-23-39(47)40-26-27-56-31-48(40)61-44-19-11-9-17-38(44)42-30-36(52(53,54)55)22-25-46(42)61/h2-31H,1H3. The minimum Gasteiger partial charge on any atom is -0.309 e. The summed E-state index contributed by atoms with van der Waals surface area (Å²) in [7, 11) is 0. The van der Waals surface area contributed by atoms with Crippen LogP contribution in [-0.4, -0.2) is 29.1 Å². The summed E-state index contributed by atoms with van der Waals surface area (Å²) in [5.74, 6) is 1.62. The van der Waals surface area contributed by atoms with Crippen LogP contribution in [0.1, 0.15) is 11.1 Å². The number of hydrogen-bond acceptors (Lipinski definition) is 4. The molecular formula is C52H33F3N6. The second-order valence-corrected chi connectivity index (χ2v) is 15.1. The van der Waals surface area contributed by atoms with Crippen molar-refractivity contribution in [2.75, 3.05) is 0 Å². The first-order chi connectivity index (χ1) is 29.8. The highest BCUT2D eigenvalue weighted by Gasteiger charge is 2.31. The van der Waals surface area contributed by atoms with E-state index in [-0.39, 0.29) is 0 Å². The lowest BCUT2D eigenvalue weighted by Gasteiger charge is -2.19. The van der Waals surface area contributed by atoms with E-state index in [1.54, 1.807) is 18.5 Å². The summed E-state index contributed by atoms with van der Waals surface area (Å²) >= 11 is 0. The van der Waals surface area contributed by atoms with Crippen molar-refractivity contribution in [2.45, 2.75) is 13.1 Å². The number of fused-ring (bicyclic) bond motifs is 6. The maximum Gasteiger partial charge on any atom is 0.416 e. The Labute approximate surface area is 347 Å². The molecule has 7 aromatic carbocycles. The number of para-hydroxylation sites is 2. The molecule has 0 saturated heterocycles. The summed E-state index contributed by atoms with van der Waals surface area (Å²) in [6.07, 6.45) is -0.946. The average molecular weight is 799 g/mol. The third-order valence-electron chi connectivity index (χ3n) is 11.4. The number of hydrogen-bond donors (Lipinski definition) is 0. The van der Waals surface area contributed by atoms with E-state index < -0.39 is 11.7 Å². The molecule has 0 radical (unpaired) electrons. The molecule has 61 heavy (non-hydrogen) atoms. The van der Waals surface area contributed by atoms with Gasteiger partial charge < -0.3 is 9.13 Å². The van der Waals surface area contributed by atoms with Gasteiger partial charge in [0.1, 0.15) is 0 Å². The van der Waals surface area contributed by atoms with Crippen molar-refractivity contribution in [3.8, 4) is 56.7 Å². The normalized spacial score (nSPS) is 11.9. The van der Waals surface area contributed by atoms with Gasteiger partial charge in [-0.25, -0.2) is 15.0 Å². The van der Waals surface area contributed by atoms with Crippen LogP contribution in [0.3, 0.4) is 0 Å². The maximum atomic E-state index is 14.1. The van der Waals surface area contributed by atoms with E-state index in [0.29, 0.717) is 33.8 Å². The van der Waals surface area contributed by atoms with E-state index in [4.69, 9.17) is 15.0 Å². The Kier molecular flexibility index (Phi) is 8.38. The highest BCUT2D eigenvalue weighted by Crippen LogP contribution is 2.43. The van der Waals surface area contributed by atoms with Crippen molar-refractivity contribution in [3.05, 3.63) is 193 Å². The molecule has 6 nitrogen and oxygen atoms in total. The number of aromatic nitrogens is 6. The predicted octanol–water partition coefficient (Wildman–Crippen LogP) is 13.5. The lowest BCUT2D eigenvalue weighted by atomic mass is 9.99. The molecule has 0 atom stereocenters. The molecule has 0 bridgehead atoms. The van der Waals surface area contributed by atoms with Crippen molar-refractivity contribution in [2.24, 2.45) is 0 Å². The van der Waals surface area contributed by atoms with Crippen LogP contribution in [0.2, 0.25) is 0 Å². The molecule has 0 fully saturated rings. The van der Waals surface area contributed by atoms with E-state index in [2.05, 4.69) is 65.0 Å². The minimum absolute atomic E-state index is 0.506. The van der Waals surface area contributed by atoms with Crippen LogP contribution in [-0.2, 0) is 6.18 Å². The number of nitrogens with zero attached hydrogens (tertiary/aromatic N) is 6. The van der Waals surface area contributed by atoms with E-state index in [1.165, 1.54) is 6.07 Å². The third kappa shape index (κ3) is 6.12. The lowest BCUT2D eigenvalue weighted by molar-refractivity contribution is -0.137. The fourth-order valence-corrected chi connectivity index (χ4v) is 8.57. The second-order valence-electron chi connectivity index (χ2n) is 15.1. The van der Waals surface area contributed by atoms with Crippen molar-refractivity contribution in [1.29, 1.82) is 0 Å². The van der Waals surface area contributed by atoms with Gasteiger partial charge in [-0.05, 0) is 61.5 Å². The Morgan fingerprint density at radius 3 is 1.56 bits per heavy atom. The third-order valence-corrected chi connectivity index (χ3v) is 11.4. The van der Waals surface area contributed by atoms with E-state index in [9.17, 15) is 13.2 Å². The molecule has 0 aliphatic rings. The summed E-state index contributed by atoms with van der Waals surface area (Å²) in [4.78, 5) is 19.7. The highest BCUT2D eigenvalue weighted by atomic mass is 19.4. The zero-order valence-electron chi connectivity index (χ0n) is 32.6. The van der Waals surface area contributed by atoms with Crippen LogP contribution in [0.25, 0.3) is 100 Å². The molecule has 4 aromatic heterocycles. The van der Waals surface area contributed by atoms with Crippen molar-refractivity contribution in [1.82, 2.24) is 29.1 Å². The summed E-state index contributed by atoms with van der Waals surface area (Å²) in [6.45, 7) is 2.10. The predicted molar refractivity (Wildman–Crippen MR) is 238 cm³/mol. The van der Waals surface area contributed by atoms with Gasteiger partial charge in [0.05, 0.1) is 45.2 Å². The second kappa shape index (κ2) is 14.1. The van der Waals surface area contributed by atoms with Crippen LogP contribution in [0, 0.1) is 6.92 Å². The van der Waals surface area contributed by atoms with Crippen LogP contribution in [0.5, 0.6) is 0 Å². The number of rotatable bonds is 6. The van der Waals surface area contributed by atoms with Gasteiger partial charge in [0.25, 0.3) is 0 Å². The summed E-state index contributed by atoms with van der Waals surface area (Å²) in [5.41, 5.74) is 9.70. The lowest BCUT2D eigenvalue weighted by Crippen LogP contribution is -2.05. The van der Waals surface area contributed by atoms with Crippen LogP contribution < -0.4 is 0 Å². The van der Waals surface area contributed by atoms with Gasteiger partial charge >= 0.3 is 6.18 Å². The van der Waals surface area contributed by atoms with Gasteiger partial charge in [0, 0.05) is 55.6 Å². The molecule has 0 N–H and O–H groups in total. The Bertz CT molecular complexity index is 3420. The van der Waals surface area contributed by atoms with Crippen LogP contribution >= 0.6 is 0 Å². The van der Waals surface area contributed by atoms with Gasteiger partial charge in [-0.2, -0.15) is 13.2 Å². The number of alkyl halides is 3. The zero-order chi connectivity index (χ0) is 41.2. The number of aryl methyl sites for hydroxylation is 1. The van der Waals surface area contributed by atoms with Gasteiger partial charge in [-0.15, -0.1) is 0 Å². The van der Waals surface area contributed by atoms with Gasteiger partial charge in [0.2, 0.25) is 0 Å². The monoisotopic (exact) mass is 798 g/mol. The molecule has 11 aromatic rings. The topological polar surface area (TPSA) is 61.4 Å². The molecule has 0 aliphatic carbocycles. The molecule has 0 spiro atoms. The number of benzene rings is 7. The first-order valence-electron chi connectivity index (χ1n) is 19.9. The van der Waals surface area contributed by atoms with E-state index in [1.807, 2.05) is 108 Å². The largest absolute Gasteiger partial charge is 0.416 e. The van der Waals surface area contributed by atoms with Gasteiger partial charge in [0.15, 0.2) is 17.5 Å². The molecule has 9 heteroatoms. The molecule has 0 unspecified atom stereocenters. The van der Waals surface area contributed by atoms with Crippen molar-refractivity contribution in [3.63, 3.8) is 0 Å². The maximum absolute atomic E-state index is 14.1. The Morgan fingerprint density at radius 2 is 0.934 bits per heavy atom. The molecule has 0 aliphatic heterocycles. The van der Waals surface area contributed by atoms with Crippen molar-refractivity contribution >= 4 is 43.6 Å². The molecule has 4 heterocycles. The fourth-order valence-electron chi connectivity index (χ4n) is 8.57. The molecule has 0 amide bonds. The van der Waals surface area contributed by atoms with E-state index in [0.717, 1.165) is 78.1 Å².